The SMILES string of the molecule is C=CCC(C)N(CCC)C1CCNCC1. The van der Waals surface area contributed by atoms with E-state index in [9.17, 15) is 0 Å². The Bertz CT molecular complexity index is 173. The molecule has 1 N–H and O–H groups in total. The fraction of sp³-hybridized carbons (Fsp3) is 0.846. The van der Waals surface area contributed by atoms with Crippen molar-refractivity contribution in [1.29, 1.82) is 0 Å². The molecule has 0 radical (unpaired) electrons. The van der Waals surface area contributed by atoms with Gasteiger partial charge in [-0.25, -0.2) is 0 Å². The van der Waals surface area contributed by atoms with Crippen LogP contribution < -0.4 is 5.32 Å². The summed E-state index contributed by atoms with van der Waals surface area (Å²) < 4.78 is 0. The molecule has 1 aliphatic rings. The third-order valence-corrected chi connectivity index (χ3v) is 3.33. The summed E-state index contributed by atoms with van der Waals surface area (Å²) >= 11 is 0. The number of nitrogens with zero attached hydrogens (tertiary/aromatic N) is 1. The molecule has 1 fully saturated rings. The van der Waals surface area contributed by atoms with Crippen LogP contribution in [0.25, 0.3) is 0 Å². The minimum atomic E-state index is 0.658. The lowest BCUT2D eigenvalue weighted by molar-refractivity contribution is 0.118. The Morgan fingerprint density at radius 2 is 2.13 bits per heavy atom. The monoisotopic (exact) mass is 210 g/mol. The van der Waals surface area contributed by atoms with E-state index in [1.54, 1.807) is 0 Å². The summed E-state index contributed by atoms with van der Waals surface area (Å²) in [6, 6.07) is 1.45. The van der Waals surface area contributed by atoms with Gasteiger partial charge in [0, 0.05) is 12.1 Å². The molecule has 0 amide bonds. The lowest BCUT2D eigenvalue weighted by atomic mass is 10.0. The van der Waals surface area contributed by atoms with Crippen molar-refractivity contribution in [1.82, 2.24) is 10.2 Å². The van der Waals surface area contributed by atoms with Crippen LogP contribution in [0.2, 0.25) is 0 Å². The summed E-state index contributed by atoms with van der Waals surface area (Å²) in [7, 11) is 0. The molecule has 88 valence electrons. The van der Waals surface area contributed by atoms with E-state index >= 15 is 0 Å². The predicted octanol–water partition coefficient (Wildman–Crippen LogP) is 2.42. The number of hydrogen-bond donors (Lipinski definition) is 1. The minimum Gasteiger partial charge on any atom is -0.317 e. The van der Waals surface area contributed by atoms with Crippen LogP contribution in [0.4, 0.5) is 0 Å². The Hall–Kier alpha value is -0.340. The van der Waals surface area contributed by atoms with Crippen LogP contribution in [0, 0.1) is 0 Å². The first-order chi connectivity index (χ1) is 7.29. The second-order valence-corrected chi connectivity index (χ2v) is 4.59. The molecule has 1 saturated heterocycles. The number of nitrogens with one attached hydrogen (secondary N) is 1. The smallest absolute Gasteiger partial charge is 0.0122 e. The van der Waals surface area contributed by atoms with Gasteiger partial charge in [0.15, 0.2) is 0 Å². The first-order valence-electron chi connectivity index (χ1n) is 6.37. The van der Waals surface area contributed by atoms with Crippen LogP contribution in [0.15, 0.2) is 12.7 Å². The zero-order valence-electron chi connectivity index (χ0n) is 10.3. The molecule has 0 saturated carbocycles. The van der Waals surface area contributed by atoms with E-state index in [4.69, 9.17) is 0 Å². The van der Waals surface area contributed by atoms with Crippen molar-refractivity contribution < 1.29 is 0 Å². The first kappa shape index (κ1) is 12.7. The average molecular weight is 210 g/mol. The zero-order valence-corrected chi connectivity index (χ0v) is 10.3. The van der Waals surface area contributed by atoms with E-state index < -0.39 is 0 Å². The third-order valence-electron chi connectivity index (χ3n) is 3.33. The predicted molar refractivity (Wildman–Crippen MR) is 67.2 cm³/mol. The molecule has 0 aliphatic carbocycles. The van der Waals surface area contributed by atoms with Crippen LogP contribution in [0.3, 0.4) is 0 Å². The van der Waals surface area contributed by atoms with E-state index in [1.807, 2.05) is 0 Å². The van der Waals surface area contributed by atoms with Crippen LogP contribution in [-0.2, 0) is 0 Å². The van der Waals surface area contributed by atoms with E-state index in [2.05, 4.69) is 36.7 Å². The Morgan fingerprint density at radius 3 is 2.67 bits per heavy atom. The highest BCUT2D eigenvalue weighted by molar-refractivity contribution is 4.84. The van der Waals surface area contributed by atoms with Crippen LogP contribution in [0.1, 0.15) is 39.5 Å². The lowest BCUT2D eigenvalue weighted by Crippen LogP contribution is -2.47. The van der Waals surface area contributed by atoms with Crippen molar-refractivity contribution in [3.05, 3.63) is 12.7 Å². The molecule has 2 heteroatoms. The summed E-state index contributed by atoms with van der Waals surface area (Å²) in [5, 5.41) is 3.44. The van der Waals surface area contributed by atoms with E-state index in [0.717, 1.165) is 12.5 Å². The molecular weight excluding hydrogens is 184 g/mol. The van der Waals surface area contributed by atoms with Gasteiger partial charge in [0.1, 0.15) is 0 Å². The maximum Gasteiger partial charge on any atom is 0.0122 e. The second kappa shape index (κ2) is 7.02. The molecule has 1 heterocycles. The molecule has 2 nitrogen and oxygen atoms in total. The highest BCUT2D eigenvalue weighted by Gasteiger charge is 2.23. The van der Waals surface area contributed by atoms with Gasteiger partial charge in [-0.05, 0) is 52.2 Å². The van der Waals surface area contributed by atoms with E-state index in [1.165, 1.54) is 38.9 Å². The molecule has 0 bridgehead atoms. The fourth-order valence-electron chi connectivity index (χ4n) is 2.54. The molecule has 1 aliphatic heterocycles. The highest BCUT2D eigenvalue weighted by atomic mass is 15.2. The zero-order chi connectivity index (χ0) is 11.1. The molecule has 1 atom stereocenters. The molecule has 1 unspecified atom stereocenters. The Balaban J connectivity index is 2.49. The first-order valence-corrected chi connectivity index (χ1v) is 6.37. The number of rotatable bonds is 6. The standard InChI is InChI=1S/C13H26N2/c1-4-6-12(3)15(11-5-2)13-7-9-14-10-8-13/h4,12-14H,1,5-11H2,2-3H3. The van der Waals surface area contributed by atoms with Gasteiger partial charge < -0.3 is 5.32 Å². The highest BCUT2D eigenvalue weighted by Crippen LogP contribution is 2.17. The van der Waals surface area contributed by atoms with Gasteiger partial charge in [-0.3, -0.25) is 4.90 Å². The van der Waals surface area contributed by atoms with Crippen molar-refractivity contribution in [2.75, 3.05) is 19.6 Å². The van der Waals surface area contributed by atoms with Gasteiger partial charge in [-0.1, -0.05) is 13.0 Å². The Morgan fingerprint density at radius 1 is 1.47 bits per heavy atom. The van der Waals surface area contributed by atoms with E-state index in [0.29, 0.717) is 6.04 Å². The summed E-state index contributed by atoms with van der Waals surface area (Å²) in [6.45, 7) is 12.1. The van der Waals surface area contributed by atoms with Gasteiger partial charge in [0.2, 0.25) is 0 Å². The third kappa shape index (κ3) is 3.96. The lowest BCUT2D eigenvalue weighted by Gasteiger charge is -2.38. The quantitative estimate of drug-likeness (QED) is 0.677. The van der Waals surface area contributed by atoms with Gasteiger partial charge in [-0.2, -0.15) is 0 Å². The minimum absolute atomic E-state index is 0.658. The van der Waals surface area contributed by atoms with Crippen LogP contribution in [0.5, 0.6) is 0 Å². The molecule has 0 aromatic rings. The fourth-order valence-corrected chi connectivity index (χ4v) is 2.54. The maximum absolute atomic E-state index is 3.85. The number of piperidine rings is 1. The van der Waals surface area contributed by atoms with Crippen LogP contribution >= 0.6 is 0 Å². The topological polar surface area (TPSA) is 15.3 Å². The van der Waals surface area contributed by atoms with Gasteiger partial charge in [-0.15, -0.1) is 6.58 Å². The van der Waals surface area contributed by atoms with Crippen molar-refractivity contribution in [2.45, 2.75) is 51.6 Å². The van der Waals surface area contributed by atoms with Crippen molar-refractivity contribution in [3.8, 4) is 0 Å². The van der Waals surface area contributed by atoms with Crippen molar-refractivity contribution in [3.63, 3.8) is 0 Å². The summed E-state index contributed by atoms with van der Waals surface area (Å²) in [6.07, 6.45) is 7.03. The molecule has 1 rings (SSSR count). The van der Waals surface area contributed by atoms with Gasteiger partial charge in [0.25, 0.3) is 0 Å². The molecule has 0 aromatic heterocycles. The molecule has 15 heavy (non-hydrogen) atoms. The molecular formula is C13H26N2. The maximum atomic E-state index is 3.85. The van der Waals surface area contributed by atoms with E-state index in [-0.39, 0.29) is 0 Å². The molecule has 0 aromatic carbocycles. The van der Waals surface area contributed by atoms with Crippen molar-refractivity contribution in [2.24, 2.45) is 0 Å². The molecule has 0 spiro atoms. The normalized spacial score (nSPS) is 20.5. The summed E-state index contributed by atoms with van der Waals surface area (Å²) in [4.78, 5) is 2.68. The largest absolute Gasteiger partial charge is 0.317 e. The number of hydrogen-bond acceptors (Lipinski definition) is 2. The van der Waals surface area contributed by atoms with Crippen LogP contribution in [-0.4, -0.2) is 36.6 Å². The second-order valence-electron chi connectivity index (χ2n) is 4.59. The van der Waals surface area contributed by atoms with Gasteiger partial charge in [0.05, 0.1) is 0 Å². The van der Waals surface area contributed by atoms with Crippen molar-refractivity contribution >= 4 is 0 Å². The Kier molecular flexibility index (Phi) is 5.96. The summed E-state index contributed by atoms with van der Waals surface area (Å²) in [5.41, 5.74) is 0. The summed E-state index contributed by atoms with van der Waals surface area (Å²) in [5.74, 6) is 0. The Labute approximate surface area is 94.7 Å². The average Bonchev–Trinajstić information content (AvgIpc) is 2.27. The van der Waals surface area contributed by atoms with Gasteiger partial charge >= 0.3 is 0 Å².